The molecule has 1 aliphatic heterocycles. The molecule has 21 heavy (non-hydrogen) atoms. The van der Waals surface area contributed by atoms with Crippen LogP contribution in [0.5, 0.6) is 0 Å². The van der Waals surface area contributed by atoms with Crippen LogP contribution >= 0.6 is 0 Å². The molecular formula is C18H28N2O. The fourth-order valence-corrected chi connectivity index (χ4v) is 3.06. The summed E-state index contributed by atoms with van der Waals surface area (Å²) in [6.45, 7) is 10.9. The summed E-state index contributed by atoms with van der Waals surface area (Å²) in [5.41, 5.74) is 2.29. The third-order valence-corrected chi connectivity index (χ3v) is 4.43. The molecule has 2 unspecified atom stereocenters. The van der Waals surface area contributed by atoms with Gasteiger partial charge >= 0.3 is 6.03 Å². The summed E-state index contributed by atoms with van der Waals surface area (Å²) in [7, 11) is 0. The van der Waals surface area contributed by atoms with Gasteiger partial charge in [-0.3, -0.25) is 0 Å². The van der Waals surface area contributed by atoms with Gasteiger partial charge in [-0.25, -0.2) is 4.79 Å². The number of hydrogen-bond donors (Lipinski definition) is 1. The van der Waals surface area contributed by atoms with E-state index in [0.717, 1.165) is 18.5 Å². The van der Waals surface area contributed by atoms with E-state index in [1.807, 2.05) is 17.0 Å². The summed E-state index contributed by atoms with van der Waals surface area (Å²) >= 11 is 0. The number of likely N-dealkylation sites (tertiary alicyclic amines) is 1. The van der Waals surface area contributed by atoms with Crippen molar-refractivity contribution in [1.29, 1.82) is 0 Å². The number of rotatable bonds is 1. The Labute approximate surface area is 128 Å². The smallest absolute Gasteiger partial charge is 0.319 e. The van der Waals surface area contributed by atoms with Crippen LogP contribution in [0.15, 0.2) is 24.3 Å². The normalized spacial score (nSPS) is 23.0. The zero-order valence-electron chi connectivity index (χ0n) is 13.9. The molecule has 2 amide bonds. The van der Waals surface area contributed by atoms with Gasteiger partial charge in [0.1, 0.15) is 0 Å². The number of urea groups is 1. The second-order valence-electron chi connectivity index (χ2n) is 7.29. The van der Waals surface area contributed by atoms with Crippen LogP contribution in [0.1, 0.15) is 59.4 Å². The lowest BCUT2D eigenvalue weighted by Gasteiger charge is -2.38. The molecular weight excluding hydrogens is 260 g/mol. The Kier molecular flexibility index (Phi) is 4.60. The minimum absolute atomic E-state index is 0.0261. The van der Waals surface area contributed by atoms with Crippen molar-refractivity contribution in [1.82, 2.24) is 4.90 Å². The second kappa shape index (κ2) is 6.08. The highest BCUT2D eigenvalue weighted by Gasteiger charge is 2.28. The zero-order valence-corrected chi connectivity index (χ0v) is 13.9. The van der Waals surface area contributed by atoms with Crippen molar-refractivity contribution in [3.8, 4) is 0 Å². The zero-order chi connectivity index (χ0) is 15.6. The molecule has 2 rings (SSSR count). The topological polar surface area (TPSA) is 32.3 Å². The molecule has 0 aromatic heterocycles. The molecule has 0 bridgehead atoms. The third-order valence-electron chi connectivity index (χ3n) is 4.43. The van der Waals surface area contributed by atoms with Crippen LogP contribution in [0, 0.1) is 0 Å². The van der Waals surface area contributed by atoms with Crippen LogP contribution in [0.25, 0.3) is 0 Å². The lowest BCUT2D eigenvalue weighted by molar-refractivity contribution is 0.133. The summed E-state index contributed by atoms with van der Waals surface area (Å²) in [6.07, 6.45) is 3.41. The molecule has 1 fully saturated rings. The quantitative estimate of drug-likeness (QED) is 0.792. The molecule has 1 aromatic carbocycles. The van der Waals surface area contributed by atoms with Crippen molar-refractivity contribution in [2.75, 3.05) is 5.32 Å². The minimum atomic E-state index is 0.0261. The molecule has 0 radical (unpaired) electrons. The maximum Gasteiger partial charge on any atom is 0.322 e. The van der Waals surface area contributed by atoms with Gasteiger partial charge in [-0.2, -0.15) is 0 Å². The van der Waals surface area contributed by atoms with Crippen LogP contribution < -0.4 is 5.32 Å². The Morgan fingerprint density at radius 2 is 1.62 bits per heavy atom. The van der Waals surface area contributed by atoms with Gasteiger partial charge in [0, 0.05) is 17.8 Å². The van der Waals surface area contributed by atoms with E-state index >= 15 is 0 Å². The van der Waals surface area contributed by atoms with Crippen molar-refractivity contribution in [2.45, 2.75) is 71.4 Å². The lowest BCUT2D eigenvalue weighted by Crippen LogP contribution is -2.49. The van der Waals surface area contributed by atoms with E-state index in [0.29, 0.717) is 12.1 Å². The highest BCUT2D eigenvalue weighted by Crippen LogP contribution is 2.25. The Bertz CT molecular complexity index is 477. The molecule has 3 heteroatoms. The summed E-state index contributed by atoms with van der Waals surface area (Å²) in [5, 5.41) is 3.04. The first-order chi connectivity index (χ1) is 9.79. The van der Waals surface area contributed by atoms with Crippen molar-refractivity contribution in [2.24, 2.45) is 0 Å². The standard InChI is InChI=1S/C18H28N2O/c1-13-7-6-8-14(2)20(13)17(21)19-16-11-9-15(10-12-16)18(3,4)5/h9-14H,6-8H2,1-5H3,(H,19,21). The first-order valence-corrected chi connectivity index (χ1v) is 7.99. The highest BCUT2D eigenvalue weighted by molar-refractivity contribution is 5.89. The van der Waals surface area contributed by atoms with Crippen molar-refractivity contribution in [3.05, 3.63) is 29.8 Å². The Balaban J connectivity index is 2.05. The summed E-state index contributed by atoms with van der Waals surface area (Å²) in [6, 6.07) is 8.86. The molecule has 1 N–H and O–H groups in total. The van der Waals surface area contributed by atoms with Crippen LogP contribution in [0.3, 0.4) is 0 Å². The number of nitrogens with one attached hydrogen (secondary N) is 1. The Morgan fingerprint density at radius 3 is 2.10 bits per heavy atom. The Morgan fingerprint density at radius 1 is 1.10 bits per heavy atom. The fourth-order valence-electron chi connectivity index (χ4n) is 3.06. The number of anilines is 1. The van der Waals surface area contributed by atoms with Gasteiger partial charge in [0.15, 0.2) is 0 Å². The molecule has 116 valence electrons. The van der Waals surface area contributed by atoms with Gasteiger partial charge in [-0.15, -0.1) is 0 Å². The average Bonchev–Trinajstić information content (AvgIpc) is 2.38. The molecule has 0 saturated carbocycles. The highest BCUT2D eigenvalue weighted by atomic mass is 16.2. The predicted octanol–water partition coefficient (Wildman–Crippen LogP) is 4.78. The van der Waals surface area contributed by atoms with E-state index < -0.39 is 0 Å². The number of nitrogens with zero attached hydrogens (tertiary/aromatic N) is 1. The van der Waals surface area contributed by atoms with Crippen molar-refractivity contribution >= 4 is 11.7 Å². The maximum atomic E-state index is 12.5. The first kappa shape index (κ1) is 15.9. The van der Waals surface area contributed by atoms with E-state index in [-0.39, 0.29) is 11.4 Å². The van der Waals surface area contributed by atoms with E-state index in [9.17, 15) is 4.79 Å². The van der Waals surface area contributed by atoms with E-state index in [4.69, 9.17) is 0 Å². The van der Waals surface area contributed by atoms with Crippen LogP contribution in [-0.2, 0) is 5.41 Å². The molecule has 3 nitrogen and oxygen atoms in total. The van der Waals surface area contributed by atoms with Crippen LogP contribution in [-0.4, -0.2) is 23.0 Å². The van der Waals surface area contributed by atoms with Crippen LogP contribution in [0.2, 0.25) is 0 Å². The van der Waals surface area contributed by atoms with E-state index in [1.54, 1.807) is 0 Å². The molecule has 2 atom stereocenters. The summed E-state index contributed by atoms with van der Waals surface area (Å²) < 4.78 is 0. The SMILES string of the molecule is CC1CCCC(C)N1C(=O)Nc1ccc(C(C)(C)C)cc1. The molecule has 1 saturated heterocycles. The maximum absolute atomic E-state index is 12.5. The summed E-state index contributed by atoms with van der Waals surface area (Å²) in [5.74, 6) is 0. The van der Waals surface area contributed by atoms with Gasteiger partial charge in [-0.1, -0.05) is 32.9 Å². The van der Waals surface area contributed by atoms with E-state index in [2.05, 4.69) is 52.1 Å². The number of hydrogen-bond acceptors (Lipinski definition) is 1. The number of amides is 2. The van der Waals surface area contributed by atoms with Crippen LogP contribution in [0.4, 0.5) is 10.5 Å². The second-order valence-corrected chi connectivity index (χ2v) is 7.29. The number of carbonyl (C=O) groups is 1. The molecule has 0 aliphatic carbocycles. The monoisotopic (exact) mass is 288 g/mol. The van der Waals surface area contributed by atoms with Crippen molar-refractivity contribution < 1.29 is 4.79 Å². The lowest BCUT2D eigenvalue weighted by atomic mass is 9.87. The van der Waals surface area contributed by atoms with Crippen molar-refractivity contribution in [3.63, 3.8) is 0 Å². The molecule has 1 aromatic rings. The van der Waals surface area contributed by atoms with Gasteiger partial charge in [0.05, 0.1) is 0 Å². The first-order valence-electron chi connectivity index (χ1n) is 7.99. The van der Waals surface area contributed by atoms with Gasteiger partial charge < -0.3 is 10.2 Å². The fraction of sp³-hybridized carbons (Fsp3) is 0.611. The number of carbonyl (C=O) groups excluding carboxylic acids is 1. The largest absolute Gasteiger partial charge is 0.322 e. The minimum Gasteiger partial charge on any atom is -0.319 e. The van der Waals surface area contributed by atoms with Gasteiger partial charge in [0.2, 0.25) is 0 Å². The average molecular weight is 288 g/mol. The van der Waals surface area contributed by atoms with Gasteiger partial charge in [-0.05, 0) is 56.2 Å². The number of piperidine rings is 1. The van der Waals surface area contributed by atoms with Gasteiger partial charge in [0.25, 0.3) is 0 Å². The summed E-state index contributed by atoms with van der Waals surface area (Å²) in [4.78, 5) is 14.5. The number of benzene rings is 1. The Hall–Kier alpha value is -1.51. The predicted molar refractivity (Wildman–Crippen MR) is 88.8 cm³/mol. The van der Waals surface area contributed by atoms with E-state index in [1.165, 1.54) is 12.0 Å². The molecule has 1 aliphatic rings. The third kappa shape index (κ3) is 3.78. The molecule has 0 spiro atoms. The molecule has 1 heterocycles.